The van der Waals surface area contributed by atoms with Gasteiger partial charge in [-0.25, -0.2) is 4.98 Å². The first-order valence-corrected chi connectivity index (χ1v) is 9.78. The number of benzene rings is 1. The second-order valence-electron chi connectivity index (χ2n) is 7.23. The summed E-state index contributed by atoms with van der Waals surface area (Å²) in [4.78, 5) is 19.0. The molecule has 3 heterocycles. The molecule has 3 aromatic rings. The van der Waals surface area contributed by atoms with Crippen molar-refractivity contribution in [1.82, 2.24) is 14.3 Å². The number of aromatic nitrogens is 2. The van der Waals surface area contributed by atoms with Crippen molar-refractivity contribution in [2.75, 3.05) is 13.1 Å². The highest BCUT2D eigenvalue weighted by Gasteiger charge is 2.32. The molecule has 1 aliphatic heterocycles. The standard InChI is InChI=1S/C21H19ClF3N3O/c22-16-6-7-19-26-12-18(28(19)13-16)17(11-20(29)27-8-1-2-9-27)14-4-3-5-15(10-14)21(23,24)25/h3-7,10,12-13,17H,1-2,8-9,11H2. The topological polar surface area (TPSA) is 37.6 Å². The number of likely N-dealkylation sites (tertiary alicyclic amines) is 1. The van der Waals surface area contributed by atoms with Crippen LogP contribution in [0.15, 0.2) is 48.8 Å². The minimum atomic E-state index is -4.46. The van der Waals surface area contributed by atoms with E-state index in [4.69, 9.17) is 11.6 Å². The van der Waals surface area contributed by atoms with Crippen LogP contribution in [0.4, 0.5) is 13.2 Å². The number of pyridine rings is 1. The summed E-state index contributed by atoms with van der Waals surface area (Å²) < 4.78 is 41.6. The van der Waals surface area contributed by atoms with E-state index in [1.54, 1.807) is 39.9 Å². The summed E-state index contributed by atoms with van der Waals surface area (Å²) in [7, 11) is 0. The third-order valence-electron chi connectivity index (χ3n) is 5.31. The molecule has 29 heavy (non-hydrogen) atoms. The van der Waals surface area contributed by atoms with Gasteiger partial charge in [0.15, 0.2) is 0 Å². The molecule has 1 fully saturated rings. The van der Waals surface area contributed by atoms with Crippen molar-refractivity contribution >= 4 is 23.2 Å². The molecule has 0 aliphatic carbocycles. The minimum absolute atomic E-state index is 0.0677. The van der Waals surface area contributed by atoms with E-state index in [9.17, 15) is 18.0 Å². The molecule has 0 radical (unpaired) electrons. The molecule has 1 saturated heterocycles. The lowest BCUT2D eigenvalue weighted by Crippen LogP contribution is -2.29. The van der Waals surface area contributed by atoms with Crippen molar-refractivity contribution in [2.24, 2.45) is 0 Å². The van der Waals surface area contributed by atoms with E-state index >= 15 is 0 Å². The minimum Gasteiger partial charge on any atom is -0.343 e. The van der Waals surface area contributed by atoms with Gasteiger partial charge < -0.3 is 9.30 Å². The Morgan fingerprint density at radius 3 is 2.66 bits per heavy atom. The van der Waals surface area contributed by atoms with Gasteiger partial charge in [0.2, 0.25) is 5.91 Å². The van der Waals surface area contributed by atoms with Gasteiger partial charge in [0.25, 0.3) is 0 Å². The molecule has 4 rings (SSSR count). The summed E-state index contributed by atoms with van der Waals surface area (Å²) in [6.07, 6.45) is 0.786. The Morgan fingerprint density at radius 1 is 1.17 bits per heavy atom. The summed E-state index contributed by atoms with van der Waals surface area (Å²) in [6.45, 7) is 1.38. The van der Waals surface area contributed by atoms with Crippen LogP contribution in [-0.2, 0) is 11.0 Å². The first kappa shape index (κ1) is 19.8. The largest absolute Gasteiger partial charge is 0.416 e. The van der Waals surface area contributed by atoms with Gasteiger partial charge in [0.05, 0.1) is 16.3 Å². The lowest BCUT2D eigenvalue weighted by Gasteiger charge is -2.22. The van der Waals surface area contributed by atoms with E-state index in [2.05, 4.69) is 4.98 Å². The fourth-order valence-corrected chi connectivity index (χ4v) is 3.99. The zero-order chi connectivity index (χ0) is 20.6. The molecule has 2 aromatic heterocycles. The number of carbonyl (C=O) groups excluding carboxylic acids is 1. The van der Waals surface area contributed by atoms with E-state index in [0.29, 0.717) is 35.0 Å². The summed E-state index contributed by atoms with van der Waals surface area (Å²) >= 11 is 6.12. The summed E-state index contributed by atoms with van der Waals surface area (Å²) in [6, 6.07) is 8.59. The van der Waals surface area contributed by atoms with Crippen molar-refractivity contribution in [3.05, 3.63) is 70.6 Å². The summed E-state index contributed by atoms with van der Waals surface area (Å²) in [5.41, 5.74) is 0.944. The molecule has 8 heteroatoms. The number of fused-ring (bicyclic) bond motifs is 1. The lowest BCUT2D eigenvalue weighted by molar-refractivity contribution is -0.137. The van der Waals surface area contributed by atoms with Crippen LogP contribution in [0.2, 0.25) is 5.02 Å². The maximum absolute atomic E-state index is 13.3. The predicted octanol–water partition coefficient (Wildman–Crippen LogP) is 5.15. The molecular weight excluding hydrogens is 403 g/mol. The molecule has 4 nitrogen and oxygen atoms in total. The molecule has 1 unspecified atom stereocenters. The van der Waals surface area contributed by atoms with Crippen LogP contribution < -0.4 is 0 Å². The zero-order valence-corrected chi connectivity index (χ0v) is 16.2. The molecule has 1 aromatic carbocycles. The van der Waals surface area contributed by atoms with Gasteiger partial charge in [-0.05, 0) is 36.6 Å². The molecular formula is C21H19ClF3N3O. The van der Waals surface area contributed by atoms with Crippen molar-refractivity contribution in [3.63, 3.8) is 0 Å². The highest BCUT2D eigenvalue weighted by atomic mass is 35.5. The quantitative estimate of drug-likeness (QED) is 0.584. The fraction of sp³-hybridized carbons (Fsp3) is 0.333. The summed E-state index contributed by atoms with van der Waals surface area (Å²) in [5, 5.41) is 0.477. The number of amides is 1. The van der Waals surface area contributed by atoms with Crippen LogP contribution in [0.5, 0.6) is 0 Å². The van der Waals surface area contributed by atoms with E-state index in [-0.39, 0.29) is 12.3 Å². The monoisotopic (exact) mass is 421 g/mol. The number of imidazole rings is 1. The second kappa shape index (κ2) is 7.71. The maximum atomic E-state index is 13.3. The fourth-order valence-electron chi connectivity index (χ4n) is 3.83. The molecule has 0 spiro atoms. The van der Waals surface area contributed by atoms with Gasteiger partial charge in [-0.1, -0.05) is 29.8 Å². The number of hydrogen-bond donors (Lipinski definition) is 0. The summed E-state index contributed by atoms with van der Waals surface area (Å²) in [5.74, 6) is -0.638. The van der Waals surface area contributed by atoms with Crippen LogP contribution in [0, 0.1) is 0 Å². The lowest BCUT2D eigenvalue weighted by atomic mass is 9.91. The Labute approximate surface area is 170 Å². The van der Waals surface area contributed by atoms with Crippen LogP contribution in [0.3, 0.4) is 0 Å². The van der Waals surface area contributed by atoms with Gasteiger partial charge in [-0.15, -0.1) is 0 Å². The highest BCUT2D eigenvalue weighted by Crippen LogP contribution is 2.35. The van der Waals surface area contributed by atoms with Crippen LogP contribution in [0.1, 0.15) is 42.0 Å². The van der Waals surface area contributed by atoms with Gasteiger partial charge in [0, 0.05) is 37.8 Å². The Hall–Kier alpha value is -2.54. The smallest absolute Gasteiger partial charge is 0.343 e. The van der Waals surface area contributed by atoms with Gasteiger partial charge in [-0.3, -0.25) is 4.79 Å². The van der Waals surface area contributed by atoms with Crippen molar-refractivity contribution in [3.8, 4) is 0 Å². The molecule has 152 valence electrons. The van der Waals surface area contributed by atoms with Crippen LogP contribution in [-0.4, -0.2) is 33.3 Å². The van der Waals surface area contributed by atoms with Gasteiger partial charge >= 0.3 is 6.18 Å². The normalized spacial score (nSPS) is 15.8. The van der Waals surface area contributed by atoms with E-state index in [1.165, 1.54) is 6.07 Å². The maximum Gasteiger partial charge on any atom is 0.416 e. The zero-order valence-electron chi connectivity index (χ0n) is 15.5. The number of alkyl halides is 3. The number of rotatable bonds is 4. The SMILES string of the molecule is O=C(CC(c1cccc(C(F)(F)F)c1)c1cnc2ccc(Cl)cn12)N1CCCC1. The van der Waals surface area contributed by atoms with E-state index in [1.807, 2.05) is 0 Å². The number of carbonyl (C=O) groups is 1. The average Bonchev–Trinajstić information content (AvgIpc) is 3.35. The number of nitrogens with zero attached hydrogens (tertiary/aromatic N) is 3. The van der Waals surface area contributed by atoms with Crippen molar-refractivity contribution in [2.45, 2.75) is 31.4 Å². The first-order chi connectivity index (χ1) is 13.8. The Bertz CT molecular complexity index is 1040. The van der Waals surface area contributed by atoms with Crippen molar-refractivity contribution < 1.29 is 18.0 Å². The average molecular weight is 422 g/mol. The Balaban J connectivity index is 1.78. The molecule has 1 atom stereocenters. The first-order valence-electron chi connectivity index (χ1n) is 9.40. The molecule has 0 saturated carbocycles. The third-order valence-corrected chi connectivity index (χ3v) is 5.53. The third kappa shape index (κ3) is 4.10. The van der Waals surface area contributed by atoms with Gasteiger partial charge in [-0.2, -0.15) is 13.2 Å². The number of hydrogen-bond acceptors (Lipinski definition) is 2. The Kier molecular flexibility index (Phi) is 5.25. The highest BCUT2D eigenvalue weighted by molar-refractivity contribution is 6.30. The number of halogens is 4. The van der Waals surface area contributed by atoms with E-state index in [0.717, 1.165) is 25.0 Å². The van der Waals surface area contributed by atoms with Gasteiger partial charge in [0.1, 0.15) is 5.65 Å². The van der Waals surface area contributed by atoms with Crippen LogP contribution >= 0.6 is 11.6 Å². The predicted molar refractivity (Wildman–Crippen MR) is 104 cm³/mol. The Morgan fingerprint density at radius 2 is 1.93 bits per heavy atom. The van der Waals surface area contributed by atoms with Crippen LogP contribution in [0.25, 0.3) is 5.65 Å². The van der Waals surface area contributed by atoms with Crippen molar-refractivity contribution in [1.29, 1.82) is 0 Å². The molecule has 0 bridgehead atoms. The second-order valence-corrected chi connectivity index (χ2v) is 7.66. The molecule has 1 aliphatic rings. The van der Waals surface area contributed by atoms with E-state index < -0.39 is 17.7 Å². The molecule has 1 amide bonds. The molecule has 0 N–H and O–H groups in total.